The van der Waals surface area contributed by atoms with Crippen molar-refractivity contribution in [3.63, 3.8) is 0 Å². The molecule has 51 heavy (non-hydrogen) atoms. The minimum atomic E-state index is -1.26. The molecule has 0 radical (unpaired) electrons. The van der Waals surface area contributed by atoms with Crippen LogP contribution < -0.4 is 10.2 Å². The lowest BCUT2D eigenvalue weighted by Crippen LogP contribution is -2.46. The van der Waals surface area contributed by atoms with Gasteiger partial charge in [-0.25, -0.2) is 9.59 Å². The van der Waals surface area contributed by atoms with Crippen LogP contribution in [0, 0.1) is 12.8 Å². The van der Waals surface area contributed by atoms with E-state index in [1.807, 2.05) is 23.5 Å². The van der Waals surface area contributed by atoms with E-state index in [1.165, 1.54) is 45.0 Å². The van der Waals surface area contributed by atoms with Crippen LogP contribution in [-0.2, 0) is 22.4 Å². The molecule has 1 aromatic heterocycles. The first-order valence-corrected chi connectivity index (χ1v) is 18.9. The number of benzene rings is 3. The van der Waals surface area contributed by atoms with Gasteiger partial charge in [-0.05, 0) is 80.8 Å². The highest BCUT2D eigenvalue weighted by atomic mass is 32.2. The summed E-state index contributed by atoms with van der Waals surface area (Å²) in [7, 11) is 2.23. The minimum absolute atomic E-state index is 0.00958. The van der Waals surface area contributed by atoms with Gasteiger partial charge in [-0.1, -0.05) is 36.9 Å². The van der Waals surface area contributed by atoms with Gasteiger partial charge in [0.2, 0.25) is 0 Å². The first kappa shape index (κ1) is 38.0. The first-order valence-electron chi connectivity index (χ1n) is 16.9. The number of nitrogens with zero attached hydrogens (tertiary/aromatic N) is 2. The van der Waals surface area contributed by atoms with E-state index in [2.05, 4.69) is 72.5 Å². The van der Waals surface area contributed by atoms with Crippen LogP contribution in [0.5, 0.6) is 11.5 Å². The molecule has 2 unspecified atom stereocenters. The number of aryl methyl sites for hydroxylation is 1. The molecule has 4 aromatic rings. The lowest BCUT2D eigenvalue weighted by Gasteiger charge is -2.38. The quantitative estimate of drug-likeness (QED) is 0.149. The molecule has 3 aliphatic rings. The minimum Gasteiger partial charge on any atom is -0.507 e. The highest BCUT2D eigenvalue weighted by Gasteiger charge is 2.29. The van der Waals surface area contributed by atoms with Gasteiger partial charge in [-0.2, -0.15) is 0 Å². The molecule has 0 spiro atoms. The third kappa shape index (κ3) is 9.76. The standard InChI is InChI=1S/C20H24N2S2.C15H16O4.C4H4O4/c1-21-9-11-22(12-10-21)18-13-15-5-3-4-6-19(15)24-20-8-7-16(23-2)14-17(18)20;1-8-3-4-10-12(18-7-8)6-13-14(15(10)17)11(16)5-9(2)19-13;5-3(6)1-2-4(7)8/h3-8,14,18H,9-13H2,1-2H3;5-6,8,17H,3-4,7H2,1-2H3;1-2H,(H,5,6)(H,7,8). The molecular weight excluding hydrogens is 689 g/mol. The van der Waals surface area contributed by atoms with Crippen LogP contribution in [0.1, 0.15) is 41.8 Å². The zero-order chi connectivity index (χ0) is 36.7. The maximum Gasteiger partial charge on any atom is 0.328 e. The Balaban J connectivity index is 0.000000167. The number of phenolic OH excluding ortho intramolecular Hbond substituents is 1. The molecule has 3 N–H and O–H groups in total. The van der Waals surface area contributed by atoms with Crippen LogP contribution in [0.15, 0.2) is 90.6 Å². The zero-order valence-electron chi connectivity index (χ0n) is 29.3. The van der Waals surface area contributed by atoms with Gasteiger partial charge >= 0.3 is 11.9 Å². The molecule has 4 heterocycles. The normalized spacial score (nSPS) is 18.7. The highest BCUT2D eigenvalue weighted by Crippen LogP contribution is 2.44. The van der Waals surface area contributed by atoms with E-state index in [-0.39, 0.29) is 16.6 Å². The van der Waals surface area contributed by atoms with Crippen LogP contribution in [0.25, 0.3) is 11.0 Å². The summed E-state index contributed by atoms with van der Waals surface area (Å²) >= 11 is 3.79. The van der Waals surface area contributed by atoms with E-state index >= 15 is 0 Å². The second-order valence-electron chi connectivity index (χ2n) is 12.9. The van der Waals surface area contributed by atoms with Gasteiger partial charge < -0.3 is 29.4 Å². The highest BCUT2D eigenvalue weighted by molar-refractivity contribution is 7.99. The number of aromatic hydroxyl groups is 1. The number of fused-ring (bicyclic) bond motifs is 4. The Labute approximate surface area is 306 Å². The van der Waals surface area contributed by atoms with Crippen molar-refractivity contribution in [3.8, 4) is 11.5 Å². The van der Waals surface area contributed by atoms with Crippen molar-refractivity contribution in [1.82, 2.24) is 9.80 Å². The number of piperazine rings is 1. The fraction of sp³-hybridized carbons (Fsp3) is 0.359. The Bertz CT molecular complexity index is 1950. The van der Waals surface area contributed by atoms with Crippen molar-refractivity contribution in [3.05, 3.63) is 99.4 Å². The summed E-state index contributed by atoms with van der Waals surface area (Å²) in [5, 5.41) is 26.2. The van der Waals surface area contributed by atoms with E-state index in [1.54, 1.807) is 13.0 Å². The summed E-state index contributed by atoms with van der Waals surface area (Å²) in [4.78, 5) is 40.5. The SMILES string of the molecule is CSc1ccc2c(c1)C(N1CCN(C)CC1)Cc1ccccc1S2.Cc1cc(=O)c2c(O)c3c(cc2o1)OCC(C)CC3.O=C(O)C=CC(=O)O. The van der Waals surface area contributed by atoms with Crippen molar-refractivity contribution < 1.29 is 34.1 Å². The van der Waals surface area contributed by atoms with Crippen molar-refractivity contribution in [1.29, 1.82) is 0 Å². The molecule has 1 fully saturated rings. The average molecular weight is 733 g/mol. The molecular formula is C39H44N2O8S2. The summed E-state index contributed by atoms with van der Waals surface area (Å²) in [6, 6.07) is 19.6. The van der Waals surface area contributed by atoms with Gasteiger partial charge in [0.25, 0.3) is 0 Å². The number of thioether (sulfide) groups is 1. The Morgan fingerprint density at radius 3 is 2.37 bits per heavy atom. The van der Waals surface area contributed by atoms with E-state index in [0.29, 0.717) is 59.8 Å². The fourth-order valence-electron chi connectivity index (χ4n) is 6.34. The predicted octanol–water partition coefficient (Wildman–Crippen LogP) is 6.88. The number of carboxylic acids is 2. The number of rotatable bonds is 4. The smallest absolute Gasteiger partial charge is 0.328 e. The number of aliphatic carboxylic acids is 2. The maximum atomic E-state index is 12.0. The Morgan fingerprint density at radius 1 is 0.980 bits per heavy atom. The van der Waals surface area contributed by atoms with E-state index < -0.39 is 11.9 Å². The number of phenols is 1. The second kappa shape index (κ2) is 17.3. The van der Waals surface area contributed by atoms with Gasteiger partial charge in [0, 0.05) is 76.8 Å². The van der Waals surface area contributed by atoms with Gasteiger partial charge in [-0.3, -0.25) is 9.69 Å². The van der Waals surface area contributed by atoms with Crippen molar-refractivity contribution >= 4 is 46.4 Å². The van der Waals surface area contributed by atoms with Crippen molar-refractivity contribution in [2.75, 3.05) is 46.1 Å². The van der Waals surface area contributed by atoms with E-state index in [0.717, 1.165) is 25.9 Å². The summed E-state index contributed by atoms with van der Waals surface area (Å²) in [5.41, 5.74) is 3.90. The molecule has 3 aliphatic heterocycles. The van der Waals surface area contributed by atoms with E-state index in [4.69, 9.17) is 19.4 Å². The molecule has 0 aliphatic carbocycles. The lowest BCUT2D eigenvalue weighted by atomic mass is 9.96. The van der Waals surface area contributed by atoms with Crippen molar-refractivity contribution in [2.45, 2.75) is 53.8 Å². The zero-order valence-corrected chi connectivity index (χ0v) is 30.9. The molecule has 3 aromatic carbocycles. The molecule has 10 nitrogen and oxygen atoms in total. The van der Waals surface area contributed by atoms with Crippen molar-refractivity contribution in [2.24, 2.45) is 5.92 Å². The summed E-state index contributed by atoms with van der Waals surface area (Å²) < 4.78 is 11.2. The molecule has 0 amide bonds. The van der Waals surface area contributed by atoms with Crippen LogP contribution in [0.4, 0.5) is 0 Å². The van der Waals surface area contributed by atoms with Crippen LogP contribution in [0.2, 0.25) is 0 Å². The molecule has 7 rings (SSSR count). The second-order valence-corrected chi connectivity index (χ2v) is 14.9. The molecule has 2 atom stereocenters. The topological polar surface area (TPSA) is 141 Å². The summed E-state index contributed by atoms with van der Waals surface area (Å²) in [6.45, 7) is 9.11. The van der Waals surface area contributed by atoms with Gasteiger partial charge in [-0.15, -0.1) is 11.8 Å². The third-order valence-corrected chi connectivity index (χ3v) is 11.1. The molecule has 270 valence electrons. The third-order valence-electron chi connectivity index (χ3n) is 9.12. The van der Waals surface area contributed by atoms with Gasteiger partial charge in [0.15, 0.2) is 5.43 Å². The number of hydrogen-bond acceptors (Lipinski definition) is 10. The Morgan fingerprint density at radius 2 is 1.69 bits per heavy atom. The molecule has 0 saturated carbocycles. The average Bonchev–Trinajstić information content (AvgIpc) is 3.39. The number of likely N-dealkylation sites (N-methyl/N-ethyl adjacent to an activating group) is 1. The Kier molecular flexibility index (Phi) is 12.9. The lowest BCUT2D eigenvalue weighted by molar-refractivity contribution is -0.134. The van der Waals surface area contributed by atoms with Gasteiger partial charge in [0.05, 0.1) is 6.61 Å². The van der Waals surface area contributed by atoms with Crippen LogP contribution >= 0.6 is 23.5 Å². The maximum absolute atomic E-state index is 12.0. The number of carboxylic acid groups (broad SMARTS) is 2. The summed E-state index contributed by atoms with van der Waals surface area (Å²) in [6.07, 6.45) is 6.06. The van der Waals surface area contributed by atoms with E-state index in [9.17, 15) is 19.5 Å². The summed E-state index contributed by atoms with van der Waals surface area (Å²) in [5.74, 6) is -0.919. The number of ether oxygens (including phenoxy) is 1. The fourth-order valence-corrected chi connectivity index (χ4v) is 7.90. The largest absolute Gasteiger partial charge is 0.507 e. The predicted molar refractivity (Wildman–Crippen MR) is 201 cm³/mol. The van der Waals surface area contributed by atoms with Crippen LogP contribution in [-0.4, -0.2) is 83.1 Å². The van der Waals surface area contributed by atoms with Crippen LogP contribution in [0.3, 0.4) is 0 Å². The first-order chi connectivity index (χ1) is 24.4. The molecule has 0 bridgehead atoms. The number of hydrogen-bond donors (Lipinski definition) is 3. The monoisotopic (exact) mass is 732 g/mol. The molecule has 1 saturated heterocycles. The Hall–Kier alpha value is -4.23. The van der Waals surface area contributed by atoms with Gasteiger partial charge in [0.1, 0.15) is 28.2 Å². The molecule has 12 heteroatoms. The number of carbonyl (C=O) groups is 2.